The number of imidazole rings is 1. The van der Waals surface area contributed by atoms with Crippen molar-refractivity contribution in [2.24, 2.45) is 0 Å². The van der Waals surface area contributed by atoms with E-state index >= 15 is 0 Å². The molecule has 1 aromatic carbocycles. The maximum absolute atomic E-state index is 4.26. The van der Waals surface area contributed by atoms with Crippen molar-refractivity contribution in [1.29, 1.82) is 0 Å². The molecule has 0 aliphatic heterocycles. The van der Waals surface area contributed by atoms with E-state index in [1.807, 2.05) is 6.20 Å². The second kappa shape index (κ2) is 3.89. The molecule has 1 aromatic heterocycles. The van der Waals surface area contributed by atoms with Gasteiger partial charge in [-0.3, -0.25) is 0 Å². The lowest BCUT2D eigenvalue weighted by atomic mass is 9.96. The Morgan fingerprint density at radius 2 is 1.80 bits per heavy atom. The fourth-order valence-electron chi connectivity index (χ4n) is 2.06. The molecule has 78 valence electrons. The van der Waals surface area contributed by atoms with Crippen LogP contribution in [-0.2, 0) is 6.42 Å². The average Bonchev–Trinajstić information content (AvgIpc) is 2.63. The number of aryl methyl sites for hydroxylation is 3. The van der Waals surface area contributed by atoms with Gasteiger partial charge in [0.25, 0.3) is 0 Å². The van der Waals surface area contributed by atoms with Gasteiger partial charge in [0, 0.05) is 12.6 Å². The van der Waals surface area contributed by atoms with Crippen LogP contribution in [0.15, 0.2) is 24.7 Å². The van der Waals surface area contributed by atoms with Crippen LogP contribution >= 0.6 is 0 Å². The van der Waals surface area contributed by atoms with Gasteiger partial charge in [0.1, 0.15) is 0 Å². The maximum Gasteiger partial charge on any atom is 0.0923 e. The van der Waals surface area contributed by atoms with Crippen LogP contribution in [0.4, 0.5) is 0 Å². The van der Waals surface area contributed by atoms with Crippen molar-refractivity contribution in [1.82, 2.24) is 9.97 Å². The van der Waals surface area contributed by atoms with Crippen LogP contribution < -0.4 is 0 Å². The van der Waals surface area contributed by atoms with Crippen LogP contribution in [0.1, 0.15) is 27.9 Å². The fourth-order valence-corrected chi connectivity index (χ4v) is 2.06. The molecule has 2 rings (SSSR count). The lowest BCUT2D eigenvalue weighted by Crippen LogP contribution is -1.96. The Labute approximate surface area is 90.4 Å². The molecule has 2 aromatic rings. The van der Waals surface area contributed by atoms with Gasteiger partial charge < -0.3 is 4.98 Å². The zero-order chi connectivity index (χ0) is 10.8. The molecule has 1 N–H and O–H groups in total. The standard InChI is InChI=1S/C13H16N2/c1-9-4-10(2)13(11(3)5-9)6-12-7-14-8-15-12/h4-5,7-8H,6H2,1-3H3,(H,14,15). The van der Waals surface area contributed by atoms with Crippen LogP contribution in [0.5, 0.6) is 0 Å². The smallest absolute Gasteiger partial charge is 0.0923 e. The van der Waals surface area contributed by atoms with Crippen molar-refractivity contribution >= 4 is 0 Å². The summed E-state index contributed by atoms with van der Waals surface area (Å²) in [5, 5.41) is 0. The van der Waals surface area contributed by atoms with Gasteiger partial charge in [-0.15, -0.1) is 0 Å². The first kappa shape index (κ1) is 9.97. The minimum absolute atomic E-state index is 0.918. The van der Waals surface area contributed by atoms with Crippen molar-refractivity contribution < 1.29 is 0 Å². The average molecular weight is 200 g/mol. The molecule has 0 radical (unpaired) electrons. The SMILES string of the molecule is Cc1cc(C)c(Cc2c[nH]cn2)c(C)c1. The van der Waals surface area contributed by atoms with E-state index in [4.69, 9.17) is 0 Å². The zero-order valence-electron chi connectivity index (χ0n) is 9.46. The molecule has 0 bridgehead atoms. The molecule has 0 fully saturated rings. The molecular weight excluding hydrogens is 184 g/mol. The van der Waals surface area contributed by atoms with Gasteiger partial charge in [-0.05, 0) is 37.5 Å². The third kappa shape index (κ3) is 2.09. The number of rotatable bonds is 2. The normalized spacial score (nSPS) is 10.6. The highest BCUT2D eigenvalue weighted by atomic mass is 14.9. The van der Waals surface area contributed by atoms with Crippen molar-refractivity contribution in [2.75, 3.05) is 0 Å². The third-order valence-electron chi connectivity index (χ3n) is 2.75. The molecular formula is C13H16N2. The molecule has 0 aliphatic carbocycles. The Morgan fingerprint density at radius 3 is 2.33 bits per heavy atom. The van der Waals surface area contributed by atoms with E-state index in [0.717, 1.165) is 12.1 Å². The van der Waals surface area contributed by atoms with E-state index < -0.39 is 0 Å². The Bertz CT molecular complexity index is 432. The summed E-state index contributed by atoms with van der Waals surface area (Å²) in [6, 6.07) is 4.46. The lowest BCUT2D eigenvalue weighted by Gasteiger charge is -2.09. The zero-order valence-corrected chi connectivity index (χ0v) is 9.46. The predicted molar refractivity (Wildman–Crippen MR) is 62.0 cm³/mol. The molecule has 1 heterocycles. The fraction of sp³-hybridized carbons (Fsp3) is 0.308. The maximum atomic E-state index is 4.26. The Hall–Kier alpha value is -1.57. The van der Waals surface area contributed by atoms with Crippen molar-refractivity contribution in [3.05, 3.63) is 52.6 Å². The third-order valence-corrected chi connectivity index (χ3v) is 2.75. The second-order valence-electron chi connectivity index (χ2n) is 4.11. The molecule has 0 atom stereocenters. The number of aromatic amines is 1. The second-order valence-corrected chi connectivity index (χ2v) is 4.11. The number of aromatic nitrogens is 2. The molecule has 2 nitrogen and oxygen atoms in total. The minimum Gasteiger partial charge on any atom is -0.351 e. The van der Waals surface area contributed by atoms with Gasteiger partial charge in [-0.1, -0.05) is 17.7 Å². The Kier molecular flexibility index (Phi) is 2.58. The van der Waals surface area contributed by atoms with E-state index in [0.29, 0.717) is 0 Å². The van der Waals surface area contributed by atoms with E-state index in [1.165, 1.54) is 22.3 Å². The van der Waals surface area contributed by atoms with Gasteiger partial charge in [0.05, 0.1) is 12.0 Å². The number of H-pyrrole nitrogens is 1. The van der Waals surface area contributed by atoms with Crippen molar-refractivity contribution in [3.63, 3.8) is 0 Å². The first-order valence-corrected chi connectivity index (χ1v) is 5.21. The molecule has 0 spiro atoms. The summed E-state index contributed by atoms with van der Waals surface area (Å²) in [6.07, 6.45) is 4.61. The summed E-state index contributed by atoms with van der Waals surface area (Å²) in [4.78, 5) is 7.25. The van der Waals surface area contributed by atoms with Crippen molar-refractivity contribution in [3.8, 4) is 0 Å². The summed E-state index contributed by atoms with van der Waals surface area (Å²) >= 11 is 0. The van der Waals surface area contributed by atoms with Crippen LogP contribution in [0.2, 0.25) is 0 Å². The van der Waals surface area contributed by atoms with Gasteiger partial charge in [-0.25, -0.2) is 4.98 Å². The van der Waals surface area contributed by atoms with Gasteiger partial charge in [0.15, 0.2) is 0 Å². The van der Waals surface area contributed by atoms with E-state index in [9.17, 15) is 0 Å². The predicted octanol–water partition coefficient (Wildman–Crippen LogP) is 2.93. The van der Waals surface area contributed by atoms with E-state index in [-0.39, 0.29) is 0 Å². The summed E-state index contributed by atoms with van der Waals surface area (Å²) < 4.78 is 0. The number of nitrogens with zero attached hydrogens (tertiary/aromatic N) is 1. The first-order chi connectivity index (χ1) is 7.16. The Morgan fingerprint density at radius 1 is 1.13 bits per heavy atom. The highest BCUT2D eigenvalue weighted by Crippen LogP contribution is 2.18. The number of hydrogen-bond acceptors (Lipinski definition) is 1. The molecule has 0 amide bonds. The van der Waals surface area contributed by atoms with Gasteiger partial charge >= 0.3 is 0 Å². The quantitative estimate of drug-likeness (QED) is 0.793. The molecule has 0 saturated heterocycles. The summed E-state index contributed by atoms with van der Waals surface area (Å²) in [5.41, 5.74) is 6.54. The van der Waals surface area contributed by atoms with Crippen LogP contribution in [0, 0.1) is 20.8 Å². The van der Waals surface area contributed by atoms with Gasteiger partial charge in [0.2, 0.25) is 0 Å². The van der Waals surface area contributed by atoms with E-state index in [2.05, 4.69) is 42.9 Å². The van der Waals surface area contributed by atoms with Crippen molar-refractivity contribution in [2.45, 2.75) is 27.2 Å². The molecule has 2 heteroatoms. The summed E-state index contributed by atoms with van der Waals surface area (Å²) in [6.45, 7) is 6.47. The molecule has 0 saturated carbocycles. The lowest BCUT2D eigenvalue weighted by molar-refractivity contribution is 1.06. The Balaban J connectivity index is 2.36. The largest absolute Gasteiger partial charge is 0.351 e. The highest BCUT2D eigenvalue weighted by molar-refractivity contribution is 5.39. The number of hydrogen-bond donors (Lipinski definition) is 1. The van der Waals surface area contributed by atoms with Gasteiger partial charge in [-0.2, -0.15) is 0 Å². The highest BCUT2D eigenvalue weighted by Gasteiger charge is 2.05. The van der Waals surface area contributed by atoms with Crippen LogP contribution in [-0.4, -0.2) is 9.97 Å². The summed E-state index contributed by atoms with van der Waals surface area (Å²) in [5.74, 6) is 0. The first-order valence-electron chi connectivity index (χ1n) is 5.21. The monoisotopic (exact) mass is 200 g/mol. The molecule has 0 aliphatic rings. The molecule has 15 heavy (non-hydrogen) atoms. The van der Waals surface area contributed by atoms with E-state index in [1.54, 1.807) is 6.33 Å². The topological polar surface area (TPSA) is 28.7 Å². The van der Waals surface area contributed by atoms with Crippen LogP contribution in [0.3, 0.4) is 0 Å². The summed E-state index contributed by atoms with van der Waals surface area (Å²) in [7, 11) is 0. The number of nitrogens with one attached hydrogen (secondary N) is 1. The van der Waals surface area contributed by atoms with Crippen LogP contribution in [0.25, 0.3) is 0 Å². The molecule has 0 unspecified atom stereocenters. The minimum atomic E-state index is 0.918. The number of benzene rings is 1.